The van der Waals surface area contributed by atoms with Gasteiger partial charge >= 0.3 is 56.9 Å². The van der Waals surface area contributed by atoms with Gasteiger partial charge in [-0.1, -0.05) is 13.6 Å². The Morgan fingerprint density at radius 2 is 0.981 bits per heavy atom. The van der Waals surface area contributed by atoms with E-state index in [9.17, 15) is 0 Å². The van der Waals surface area contributed by atoms with Crippen molar-refractivity contribution in [1.29, 1.82) is 0 Å². The third-order valence-electron chi connectivity index (χ3n) is 11.7. The van der Waals surface area contributed by atoms with E-state index >= 15 is 0 Å². The number of hydrogen-bond donors (Lipinski definition) is 14. The van der Waals surface area contributed by atoms with Crippen LogP contribution in [-0.4, -0.2) is 237 Å². The molecule has 0 aromatic heterocycles. The van der Waals surface area contributed by atoms with E-state index in [1.165, 1.54) is 0 Å². The maximum atomic E-state index is 3.94. The predicted octanol–water partition coefficient (Wildman–Crippen LogP) is -21.5. The Bertz CT molecular complexity index is 1120. The highest BCUT2D eigenvalue weighted by Crippen LogP contribution is 2.13. The van der Waals surface area contributed by atoms with Crippen LogP contribution in [0, 0.1) is 0 Å². The van der Waals surface area contributed by atoms with Crippen LogP contribution in [0.3, 0.4) is 0 Å². The van der Waals surface area contributed by atoms with Gasteiger partial charge in [-0.05, 0) is 14.1 Å². The van der Waals surface area contributed by atoms with E-state index in [-0.39, 0.29) is 70.9 Å². The smallest absolute Gasteiger partial charge is 0.358 e. The van der Waals surface area contributed by atoms with Crippen LogP contribution in [0.15, 0.2) is 0 Å². The van der Waals surface area contributed by atoms with Crippen molar-refractivity contribution in [3.63, 3.8) is 0 Å². The first-order chi connectivity index (χ1) is 25.4. The lowest BCUT2D eigenvalue weighted by atomic mass is 9.44. The lowest BCUT2D eigenvalue weighted by Crippen LogP contribution is -2.92. The van der Waals surface area contributed by atoms with Crippen LogP contribution >= 0.6 is 0 Å². The normalized spacial score (nSPS) is 34.5. The summed E-state index contributed by atoms with van der Waals surface area (Å²) in [5, 5.41) is 52.7. The monoisotopic (exact) mass is 689 g/mol. The molecule has 6 atom stereocenters. The van der Waals surface area contributed by atoms with Crippen molar-refractivity contribution >= 4 is 177 Å². The van der Waals surface area contributed by atoms with E-state index in [1.807, 2.05) is 0 Å². The molecule has 9 fully saturated rings. The summed E-state index contributed by atoms with van der Waals surface area (Å²) in [6.07, 6.45) is 0. The summed E-state index contributed by atoms with van der Waals surface area (Å²) in [4.78, 5) is 0. The van der Waals surface area contributed by atoms with Gasteiger partial charge in [-0.3, -0.25) is 0 Å². The molecule has 12 bridgehead atoms. The Morgan fingerprint density at radius 3 is 1.75 bits per heavy atom. The first-order valence-corrected chi connectivity index (χ1v) is 19.1. The summed E-state index contributed by atoms with van der Waals surface area (Å²) >= 11 is 0. The fourth-order valence-electron chi connectivity index (χ4n) is 9.32. The zero-order valence-corrected chi connectivity index (χ0v) is 31.1. The molecule has 9 saturated heterocycles. The van der Waals surface area contributed by atoms with E-state index in [0.717, 1.165) is 90.6 Å². The molecular weight excluding hydrogens is 644 g/mol. The third-order valence-corrected chi connectivity index (χ3v) is 11.7. The van der Waals surface area contributed by atoms with Crippen molar-refractivity contribution in [1.82, 2.24) is 118 Å². The molecule has 0 amide bonds. The Hall–Kier alpha value is 0.598. The van der Waals surface area contributed by atoms with Crippen molar-refractivity contribution < 1.29 is 0 Å². The molecule has 52 heavy (non-hydrogen) atoms. The molecule has 0 saturated carbocycles. The van der Waals surface area contributed by atoms with Crippen molar-refractivity contribution in [2.75, 3.05) is 14.1 Å². The molecule has 0 aromatic rings. The lowest BCUT2D eigenvalue weighted by molar-refractivity contribution is 0.605. The van der Waals surface area contributed by atoms with Crippen LogP contribution in [0.25, 0.3) is 0 Å². The molecule has 0 aromatic carbocycles. The summed E-state index contributed by atoms with van der Waals surface area (Å²) in [6, 6.07) is 0. The summed E-state index contributed by atoms with van der Waals surface area (Å²) in [6.45, 7) is 4.68. The Kier molecular flexibility index (Phi) is 12.3. The van der Waals surface area contributed by atoms with Crippen LogP contribution < -0.4 is 71.9 Å². The first-order valence-electron chi connectivity index (χ1n) is 19.1. The van der Waals surface area contributed by atoms with Crippen molar-refractivity contribution in [3.8, 4) is 0 Å². The summed E-state index contributed by atoms with van der Waals surface area (Å²) in [5.41, 5.74) is 0. The minimum Gasteiger partial charge on any atom is -0.380 e. The fourth-order valence-corrected chi connectivity index (χ4v) is 9.32. The molecule has 48 heteroatoms. The highest BCUT2D eigenvalue weighted by Gasteiger charge is 2.53. The van der Waals surface area contributed by atoms with E-state index in [1.54, 1.807) is 0 Å². The van der Waals surface area contributed by atoms with Crippen LogP contribution in [-0.2, 0) is 0 Å². The Labute approximate surface area is 321 Å². The molecule has 0 aliphatic carbocycles. The van der Waals surface area contributed by atoms with Gasteiger partial charge in [0.25, 0.3) is 120 Å². The second kappa shape index (κ2) is 16.8. The molecule has 9 rings (SSSR count). The molecule has 0 spiro atoms. The third kappa shape index (κ3) is 8.02. The van der Waals surface area contributed by atoms with Crippen LogP contribution in [0.2, 0.25) is 13.6 Å². The van der Waals surface area contributed by atoms with Crippen molar-refractivity contribution in [2.24, 2.45) is 0 Å². The molecule has 9 aliphatic rings. The predicted molar refractivity (Wildman–Crippen MR) is 243 cm³/mol. The van der Waals surface area contributed by atoms with Crippen LogP contribution in [0.1, 0.15) is 0 Å². The number of hydrogen-bond acceptors (Lipinski definition) is 24. The zero-order chi connectivity index (χ0) is 35.3. The van der Waals surface area contributed by atoms with Crippen molar-refractivity contribution in [2.45, 2.75) is 13.6 Å². The minimum atomic E-state index is -0.0938. The second-order valence-corrected chi connectivity index (χ2v) is 15.6. The summed E-state index contributed by atoms with van der Waals surface area (Å²) in [5.74, 6) is 0. The van der Waals surface area contributed by atoms with Gasteiger partial charge in [0.15, 0.2) is 0 Å². The largest absolute Gasteiger partial charge is 0.380 e. The second-order valence-electron chi connectivity index (χ2n) is 15.6. The topological polar surface area (TPSA) is 201 Å². The van der Waals surface area contributed by atoms with Crippen molar-refractivity contribution in [3.05, 3.63) is 0 Å². The van der Waals surface area contributed by atoms with Crippen LogP contribution in [0.5, 0.6) is 0 Å². The minimum absolute atomic E-state index is 0.00523. The molecule has 6 unspecified atom stereocenters. The standard InChI is InChI=1S/C4H40B24N24/c1-19-38-25-42-26(39-19)52-20(2)32-5-37-27(52)48-12-31-10-46(17-48)21-33-6-35-23(40-21)49-14-43(3)15-50(18-49)28-44(4)8-29-13-51(28)24-36-7-34-22(41-24)45-9-30-11-47(25)16-45/h5-18,29-42H,1-4H3. The zero-order valence-electron chi connectivity index (χ0n) is 31.1. The van der Waals surface area contributed by atoms with E-state index in [2.05, 4.69) is 146 Å². The number of nitrogens with zero attached hydrogens (tertiary/aromatic N) is 10. The molecule has 248 valence electrons. The molecule has 14 N–H and O–H groups in total. The maximum Gasteiger partial charge on any atom is 0.358 e. The van der Waals surface area contributed by atoms with Gasteiger partial charge in [0.05, 0.1) is 0 Å². The van der Waals surface area contributed by atoms with Crippen LogP contribution in [0.4, 0.5) is 0 Å². The number of nitrogens with one attached hydrogen (secondary N) is 14. The average Bonchev–Trinajstić information content (AvgIpc) is 3.17. The summed E-state index contributed by atoms with van der Waals surface area (Å²) in [7, 11) is 15.2. The average molecular weight is 684 g/mol. The number of fused-ring (bicyclic) bond motifs is 22. The molecule has 9 aliphatic heterocycles. The fraction of sp³-hybridized carbons (Fsp3) is 1.00. The van der Waals surface area contributed by atoms with E-state index in [4.69, 9.17) is 0 Å². The Morgan fingerprint density at radius 1 is 0.442 bits per heavy atom. The molecule has 24 nitrogen and oxygen atoms in total. The number of rotatable bonds is 0. The summed E-state index contributed by atoms with van der Waals surface area (Å²) < 4.78 is 24.7. The molecule has 9 heterocycles. The van der Waals surface area contributed by atoms with Gasteiger partial charge in [0.2, 0.25) is 0 Å². The van der Waals surface area contributed by atoms with Gasteiger partial charge < -0.3 is 118 Å². The van der Waals surface area contributed by atoms with Gasteiger partial charge in [0.1, 0.15) is 0 Å². The van der Waals surface area contributed by atoms with Gasteiger partial charge in [-0.2, -0.15) is 0 Å². The lowest BCUT2D eigenvalue weighted by Gasteiger charge is -2.54. The highest BCUT2D eigenvalue weighted by atomic mass is 15.4. The molecular formula is C4H40B24N24. The quantitative estimate of drug-likeness (QED) is 0.107. The van der Waals surface area contributed by atoms with E-state index in [0.29, 0.717) is 15.1 Å². The van der Waals surface area contributed by atoms with Gasteiger partial charge in [-0.15, -0.1) is 0 Å². The highest BCUT2D eigenvalue weighted by molar-refractivity contribution is 7.02. The first kappa shape index (κ1) is 38.1. The van der Waals surface area contributed by atoms with E-state index < -0.39 is 0 Å². The molecule has 0 radical (unpaired) electrons. The Balaban J connectivity index is 1.03. The SMILES string of the molecule is CB1NB2NB(N1)N1B(C)NBNB1N1BNBN(B1)B1NBNB(N1)N1BN(C)BN(B1)B1N(C)BNBN1B1NBNB(N1)N1BNBN2B1. The maximum absolute atomic E-state index is 3.94. The van der Waals surface area contributed by atoms with Gasteiger partial charge in [0, 0.05) is 0 Å². The van der Waals surface area contributed by atoms with Gasteiger partial charge in [-0.25, -0.2) is 0 Å².